The highest BCUT2D eigenvalue weighted by atomic mass is 35.6. The van der Waals surface area contributed by atoms with E-state index in [-0.39, 0.29) is 11.7 Å². The highest BCUT2D eigenvalue weighted by molar-refractivity contribution is 7.80. The number of nitrogens with one attached hydrogen (secondary N) is 3. The van der Waals surface area contributed by atoms with Crippen molar-refractivity contribution in [1.82, 2.24) is 10.6 Å². The van der Waals surface area contributed by atoms with Gasteiger partial charge >= 0.3 is 12.1 Å². The second kappa shape index (κ2) is 9.86. The van der Waals surface area contributed by atoms with Gasteiger partial charge in [0.1, 0.15) is 0 Å². The molecule has 7 nitrogen and oxygen atoms in total. The van der Waals surface area contributed by atoms with Crippen molar-refractivity contribution in [3.05, 3.63) is 29.8 Å². The van der Waals surface area contributed by atoms with Crippen LogP contribution in [0.3, 0.4) is 0 Å². The van der Waals surface area contributed by atoms with Gasteiger partial charge in [-0.2, -0.15) is 0 Å². The van der Waals surface area contributed by atoms with Crippen LogP contribution in [0.15, 0.2) is 24.3 Å². The largest absolute Gasteiger partial charge is 0.465 e. The number of methoxy groups -OCH3 is 1. The van der Waals surface area contributed by atoms with E-state index < -0.39 is 22.0 Å². The number of thiocarbonyl (C=S) groups is 1. The SMILES string of the molecule is CCOC(=O)NC(NC(=S)Nc1ccc(C(=O)OC)cc1)C(Cl)(Cl)Cl. The van der Waals surface area contributed by atoms with Crippen molar-refractivity contribution < 1.29 is 19.1 Å². The molecule has 3 N–H and O–H groups in total. The van der Waals surface area contributed by atoms with Gasteiger partial charge in [-0.15, -0.1) is 0 Å². The summed E-state index contributed by atoms with van der Waals surface area (Å²) < 4.78 is 7.47. The van der Waals surface area contributed by atoms with Gasteiger partial charge in [0.2, 0.25) is 3.79 Å². The molecule has 1 aromatic carbocycles. The second-order valence-electron chi connectivity index (χ2n) is 4.51. The van der Waals surface area contributed by atoms with Crippen LogP contribution in [0.25, 0.3) is 0 Å². The molecule has 1 unspecified atom stereocenters. The maximum absolute atomic E-state index is 11.5. The third-order valence-corrected chi connectivity index (χ3v) is 3.58. The van der Waals surface area contributed by atoms with E-state index in [0.717, 1.165) is 0 Å². The Kier molecular flexibility index (Phi) is 8.51. The van der Waals surface area contributed by atoms with Crippen molar-refractivity contribution in [3.63, 3.8) is 0 Å². The lowest BCUT2D eigenvalue weighted by atomic mass is 10.2. The average Bonchev–Trinajstić information content (AvgIpc) is 2.53. The number of alkyl carbamates (subject to hydrolysis) is 1. The van der Waals surface area contributed by atoms with Gasteiger partial charge in [-0.3, -0.25) is 5.32 Å². The van der Waals surface area contributed by atoms with Gasteiger partial charge in [-0.25, -0.2) is 9.59 Å². The quantitative estimate of drug-likeness (QED) is 0.287. The lowest BCUT2D eigenvalue weighted by Gasteiger charge is -2.27. The van der Waals surface area contributed by atoms with Crippen LogP contribution in [0.4, 0.5) is 10.5 Å². The van der Waals surface area contributed by atoms with Crippen LogP contribution in [0.2, 0.25) is 0 Å². The first-order chi connectivity index (χ1) is 11.7. The number of amides is 1. The van der Waals surface area contributed by atoms with Crippen molar-refractivity contribution in [2.24, 2.45) is 0 Å². The van der Waals surface area contributed by atoms with Crippen LogP contribution in [-0.4, -0.2) is 40.8 Å². The zero-order valence-electron chi connectivity index (χ0n) is 13.3. The molecule has 1 rings (SSSR count). The second-order valence-corrected chi connectivity index (χ2v) is 7.28. The summed E-state index contributed by atoms with van der Waals surface area (Å²) in [5.41, 5.74) is 0.958. The smallest absolute Gasteiger partial charge is 0.408 e. The van der Waals surface area contributed by atoms with E-state index >= 15 is 0 Å². The van der Waals surface area contributed by atoms with E-state index in [9.17, 15) is 9.59 Å². The highest BCUT2D eigenvalue weighted by Gasteiger charge is 2.35. The van der Waals surface area contributed by atoms with Crippen LogP contribution < -0.4 is 16.0 Å². The van der Waals surface area contributed by atoms with Crippen LogP contribution in [0.1, 0.15) is 17.3 Å². The van der Waals surface area contributed by atoms with E-state index in [4.69, 9.17) is 51.8 Å². The number of carbonyl (C=O) groups is 2. The Morgan fingerprint density at radius 3 is 2.28 bits per heavy atom. The van der Waals surface area contributed by atoms with Crippen LogP contribution in [0, 0.1) is 0 Å². The number of rotatable bonds is 5. The van der Waals surface area contributed by atoms with E-state index in [0.29, 0.717) is 11.3 Å². The molecule has 11 heteroatoms. The predicted octanol–water partition coefficient (Wildman–Crippen LogP) is 3.20. The van der Waals surface area contributed by atoms with Gasteiger partial charge in [0.15, 0.2) is 11.3 Å². The molecule has 0 fully saturated rings. The van der Waals surface area contributed by atoms with Gasteiger partial charge in [0.25, 0.3) is 0 Å². The number of anilines is 1. The molecular formula is C14H16Cl3N3O4S. The van der Waals surface area contributed by atoms with Crippen molar-refractivity contribution in [2.45, 2.75) is 16.9 Å². The molecule has 0 radical (unpaired) electrons. The fourth-order valence-electron chi connectivity index (χ4n) is 1.60. The minimum atomic E-state index is -1.88. The fraction of sp³-hybridized carbons (Fsp3) is 0.357. The summed E-state index contributed by atoms with van der Waals surface area (Å²) in [4.78, 5) is 22.9. The van der Waals surface area contributed by atoms with E-state index in [1.54, 1.807) is 31.2 Å². The number of esters is 1. The molecule has 0 spiro atoms. The number of hydrogen-bond acceptors (Lipinski definition) is 5. The number of halogens is 3. The molecule has 1 amide bonds. The topological polar surface area (TPSA) is 88.7 Å². The van der Waals surface area contributed by atoms with Gasteiger partial charge in [0.05, 0.1) is 19.3 Å². The highest BCUT2D eigenvalue weighted by Crippen LogP contribution is 2.29. The van der Waals surface area contributed by atoms with Crippen molar-refractivity contribution in [1.29, 1.82) is 0 Å². The maximum atomic E-state index is 11.5. The summed E-state index contributed by atoms with van der Waals surface area (Å²) in [5, 5.41) is 7.93. The molecular weight excluding hydrogens is 413 g/mol. The van der Waals surface area contributed by atoms with Crippen LogP contribution in [0.5, 0.6) is 0 Å². The Morgan fingerprint density at radius 1 is 1.20 bits per heavy atom. The van der Waals surface area contributed by atoms with Gasteiger partial charge < -0.3 is 20.1 Å². The lowest BCUT2D eigenvalue weighted by molar-refractivity contribution is 0.0600. The first kappa shape index (κ1) is 21.6. The number of carbonyl (C=O) groups excluding carboxylic acids is 2. The molecule has 25 heavy (non-hydrogen) atoms. The van der Waals surface area contributed by atoms with Gasteiger partial charge in [-0.05, 0) is 43.4 Å². The molecule has 0 aliphatic rings. The molecule has 0 aliphatic heterocycles. The van der Waals surface area contributed by atoms with Crippen LogP contribution in [-0.2, 0) is 9.47 Å². The molecule has 0 saturated carbocycles. The zero-order chi connectivity index (χ0) is 19.0. The Bertz CT molecular complexity index is 623. The number of benzene rings is 1. The third-order valence-electron chi connectivity index (χ3n) is 2.70. The number of alkyl halides is 3. The van der Waals surface area contributed by atoms with Crippen LogP contribution >= 0.6 is 47.0 Å². The third kappa shape index (κ3) is 7.52. The van der Waals surface area contributed by atoms with E-state index in [1.165, 1.54) is 7.11 Å². The van der Waals surface area contributed by atoms with E-state index in [1.807, 2.05) is 0 Å². The molecule has 1 atom stereocenters. The monoisotopic (exact) mass is 427 g/mol. The Hall–Kier alpha value is -1.48. The predicted molar refractivity (Wildman–Crippen MR) is 101 cm³/mol. The van der Waals surface area contributed by atoms with E-state index in [2.05, 4.69) is 20.7 Å². The summed E-state index contributed by atoms with van der Waals surface area (Å²) in [5.74, 6) is -0.456. The Balaban J connectivity index is 2.71. The molecule has 0 bridgehead atoms. The number of hydrogen-bond donors (Lipinski definition) is 3. The number of ether oxygens (including phenoxy) is 2. The van der Waals surface area contributed by atoms with Gasteiger partial charge in [0, 0.05) is 5.69 Å². The van der Waals surface area contributed by atoms with Crippen molar-refractivity contribution in [2.75, 3.05) is 19.0 Å². The molecule has 0 saturated heterocycles. The first-order valence-electron chi connectivity index (χ1n) is 6.93. The molecule has 1 aromatic rings. The molecule has 138 valence electrons. The normalized spacial score (nSPS) is 11.9. The summed E-state index contributed by atoms with van der Waals surface area (Å²) in [6.07, 6.45) is -1.90. The summed E-state index contributed by atoms with van der Waals surface area (Å²) in [6, 6.07) is 6.34. The molecule has 0 aliphatic carbocycles. The minimum Gasteiger partial charge on any atom is -0.465 e. The Morgan fingerprint density at radius 2 is 1.80 bits per heavy atom. The standard InChI is InChI=1S/C14H16Cl3N3O4S/c1-3-24-13(22)20-11(14(15,16)17)19-12(25)18-9-6-4-8(5-7-9)10(21)23-2/h4-7,11H,3H2,1-2H3,(H,20,22)(H2,18,19,25). The molecule has 0 heterocycles. The Labute approximate surface area is 165 Å². The maximum Gasteiger partial charge on any atom is 0.408 e. The lowest BCUT2D eigenvalue weighted by Crippen LogP contribution is -2.56. The van der Waals surface area contributed by atoms with Crippen molar-refractivity contribution >= 4 is 69.9 Å². The fourth-order valence-corrected chi connectivity index (χ4v) is 2.16. The zero-order valence-corrected chi connectivity index (χ0v) is 16.4. The summed E-state index contributed by atoms with van der Waals surface area (Å²) >= 11 is 22.6. The minimum absolute atomic E-state index is 0.0824. The summed E-state index contributed by atoms with van der Waals surface area (Å²) in [7, 11) is 1.29. The first-order valence-corrected chi connectivity index (χ1v) is 8.47. The average molecular weight is 429 g/mol. The summed E-state index contributed by atoms with van der Waals surface area (Å²) in [6.45, 7) is 1.80. The van der Waals surface area contributed by atoms with Crippen molar-refractivity contribution in [3.8, 4) is 0 Å². The van der Waals surface area contributed by atoms with Gasteiger partial charge in [-0.1, -0.05) is 34.8 Å². The molecule has 0 aromatic heterocycles.